The Labute approximate surface area is 130 Å². The third-order valence-corrected chi connectivity index (χ3v) is 6.01. The molecule has 1 aromatic carbocycles. The Kier molecular flexibility index (Phi) is 2.21. The molecule has 6 heteroatoms. The average molecular weight is 296 g/mol. The topological polar surface area (TPSA) is 66.1 Å². The molecule has 5 nitrogen and oxygen atoms in total. The van der Waals surface area contributed by atoms with Crippen LogP contribution in [0.25, 0.3) is 0 Å². The molecule has 4 aliphatic rings. The molecule has 1 aliphatic carbocycles. The molecule has 1 saturated carbocycles. The lowest BCUT2D eigenvalue weighted by molar-refractivity contribution is -0.281. The summed E-state index contributed by atoms with van der Waals surface area (Å²) in [7, 11) is 6.02. The molecular weight excluding hydrogens is 279 g/mol. The fraction of sp³-hybridized carbons (Fsp3) is 0.562. The van der Waals surface area contributed by atoms with E-state index in [1.807, 2.05) is 18.2 Å². The second-order valence-electron chi connectivity index (χ2n) is 6.88. The van der Waals surface area contributed by atoms with E-state index in [0.29, 0.717) is 25.3 Å². The average Bonchev–Trinajstić information content (AvgIpc) is 2.79. The van der Waals surface area contributed by atoms with Crippen LogP contribution < -0.4 is 15.9 Å². The Morgan fingerprint density at radius 1 is 1.18 bits per heavy atom. The highest BCUT2D eigenvalue weighted by Crippen LogP contribution is 2.66. The first kappa shape index (κ1) is 12.8. The molecule has 1 saturated heterocycles. The Bertz CT molecular complexity index is 697. The minimum absolute atomic E-state index is 0.208. The molecular formula is C16H17BN2O3. The van der Waals surface area contributed by atoms with E-state index >= 15 is 0 Å². The molecule has 2 radical (unpaired) electrons. The summed E-state index contributed by atoms with van der Waals surface area (Å²) in [4.78, 5) is 4.77. The molecule has 0 amide bonds. The molecule has 0 bridgehead atoms. The predicted molar refractivity (Wildman–Crippen MR) is 81.5 cm³/mol. The monoisotopic (exact) mass is 296 g/mol. The number of hydrogen-bond acceptors (Lipinski definition) is 5. The Hall–Kier alpha value is -1.69. The maximum atomic E-state index is 6.49. The van der Waals surface area contributed by atoms with Gasteiger partial charge in [0, 0.05) is 5.56 Å². The number of ether oxygens (including phenoxy) is 3. The Morgan fingerprint density at radius 2 is 2.00 bits per heavy atom. The highest BCUT2D eigenvalue weighted by atomic mass is 16.5. The van der Waals surface area contributed by atoms with Crippen molar-refractivity contribution in [3.63, 3.8) is 0 Å². The fourth-order valence-corrected chi connectivity index (χ4v) is 4.60. The van der Waals surface area contributed by atoms with Gasteiger partial charge in [0.05, 0.1) is 18.6 Å². The molecule has 3 aliphatic heterocycles. The van der Waals surface area contributed by atoms with Crippen molar-refractivity contribution < 1.29 is 14.2 Å². The van der Waals surface area contributed by atoms with Gasteiger partial charge in [-0.25, -0.2) is 4.99 Å². The van der Waals surface area contributed by atoms with Crippen molar-refractivity contribution in [2.75, 3.05) is 19.8 Å². The first-order valence-corrected chi connectivity index (χ1v) is 7.76. The number of aliphatic imine (C=N–C) groups is 1. The van der Waals surface area contributed by atoms with Gasteiger partial charge < -0.3 is 19.9 Å². The van der Waals surface area contributed by atoms with Crippen LogP contribution in [0.4, 0.5) is 0 Å². The zero-order valence-corrected chi connectivity index (χ0v) is 12.3. The van der Waals surface area contributed by atoms with Gasteiger partial charge in [-0.3, -0.25) is 0 Å². The lowest BCUT2D eigenvalue weighted by atomic mass is 9.49. The van der Waals surface area contributed by atoms with Crippen molar-refractivity contribution in [1.82, 2.24) is 0 Å². The summed E-state index contributed by atoms with van der Waals surface area (Å²) in [5.74, 6) is 0.855. The van der Waals surface area contributed by atoms with Crippen LogP contribution >= 0.6 is 0 Å². The highest BCUT2D eigenvalue weighted by molar-refractivity contribution is 6.32. The standard InChI is InChI=1S/C16H17BN2O3/c17-10-2-3-12-11(6-10)16(9-21-13(18)19-16)14(7-20-8-14)15(22-12)4-1-5-15/h2-3,6H,1,4-5,7-9H2,(H2,18,19). The molecule has 3 spiro atoms. The third kappa shape index (κ3) is 1.21. The summed E-state index contributed by atoms with van der Waals surface area (Å²) in [5, 5.41) is 0. The van der Waals surface area contributed by atoms with Gasteiger partial charge in [-0.05, 0) is 25.3 Å². The van der Waals surface area contributed by atoms with E-state index in [1.165, 1.54) is 6.42 Å². The van der Waals surface area contributed by atoms with Gasteiger partial charge in [-0.1, -0.05) is 17.6 Å². The van der Waals surface area contributed by atoms with Crippen LogP contribution in [0.2, 0.25) is 0 Å². The summed E-state index contributed by atoms with van der Waals surface area (Å²) >= 11 is 0. The van der Waals surface area contributed by atoms with Crippen LogP contribution in [0.3, 0.4) is 0 Å². The van der Waals surface area contributed by atoms with E-state index in [4.69, 9.17) is 32.8 Å². The van der Waals surface area contributed by atoms with Crippen molar-refractivity contribution in [3.05, 3.63) is 23.8 Å². The van der Waals surface area contributed by atoms with Crippen molar-refractivity contribution in [2.45, 2.75) is 30.4 Å². The van der Waals surface area contributed by atoms with E-state index in [0.717, 1.165) is 24.2 Å². The van der Waals surface area contributed by atoms with E-state index < -0.39 is 5.54 Å². The van der Waals surface area contributed by atoms with Crippen molar-refractivity contribution in [3.8, 4) is 5.75 Å². The summed E-state index contributed by atoms with van der Waals surface area (Å²) in [6.45, 7) is 1.69. The molecule has 2 N–H and O–H groups in total. The van der Waals surface area contributed by atoms with Crippen molar-refractivity contribution in [2.24, 2.45) is 16.1 Å². The molecule has 112 valence electrons. The summed E-state index contributed by atoms with van der Waals surface area (Å²) < 4.78 is 17.7. The molecule has 1 atom stereocenters. The van der Waals surface area contributed by atoms with Gasteiger partial charge >= 0.3 is 0 Å². The largest absolute Gasteiger partial charge is 0.486 e. The minimum atomic E-state index is -0.543. The van der Waals surface area contributed by atoms with Gasteiger partial charge in [0.1, 0.15) is 31.3 Å². The number of hydrogen-bond donors (Lipinski definition) is 1. The number of amidine groups is 1. The summed E-state index contributed by atoms with van der Waals surface area (Å²) in [5.41, 5.74) is 6.61. The van der Waals surface area contributed by atoms with Crippen LogP contribution in [-0.2, 0) is 15.0 Å². The number of benzene rings is 1. The van der Waals surface area contributed by atoms with E-state index in [1.54, 1.807) is 0 Å². The molecule has 5 rings (SSSR count). The molecule has 0 aromatic heterocycles. The molecule has 1 unspecified atom stereocenters. The number of rotatable bonds is 0. The number of fused-ring (bicyclic) bond motifs is 4. The summed E-state index contributed by atoms with van der Waals surface area (Å²) in [6.07, 6.45) is 3.22. The van der Waals surface area contributed by atoms with Crippen LogP contribution in [0.15, 0.2) is 23.2 Å². The number of nitrogens with two attached hydrogens (primary N) is 1. The Balaban J connectivity index is 1.80. The quantitative estimate of drug-likeness (QED) is 0.702. The second kappa shape index (κ2) is 3.80. The van der Waals surface area contributed by atoms with Crippen LogP contribution in [-0.4, -0.2) is 39.3 Å². The predicted octanol–water partition coefficient (Wildman–Crippen LogP) is 0.352. The van der Waals surface area contributed by atoms with Gasteiger partial charge in [-0.15, -0.1) is 0 Å². The first-order valence-electron chi connectivity index (χ1n) is 7.76. The van der Waals surface area contributed by atoms with Crippen LogP contribution in [0.5, 0.6) is 5.75 Å². The van der Waals surface area contributed by atoms with Gasteiger partial charge in [0.25, 0.3) is 6.02 Å². The molecule has 1 aromatic rings. The normalized spacial score (nSPS) is 32.6. The first-order chi connectivity index (χ1) is 10.6. The van der Waals surface area contributed by atoms with Gasteiger partial charge in [-0.2, -0.15) is 0 Å². The van der Waals surface area contributed by atoms with Gasteiger partial charge in [0.2, 0.25) is 0 Å². The van der Waals surface area contributed by atoms with Gasteiger partial charge in [0.15, 0.2) is 0 Å². The van der Waals surface area contributed by atoms with Crippen LogP contribution in [0.1, 0.15) is 24.8 Å². The van der Waals surface area contributed by atoms with E-state index in [2.05, 4.69) is 0 Å². The Morgan fingerprint density at radius 3 is 2.55 bits per heavy atom. The van der Waals surface area contributed by atoms with E-state index in [9.17, 15) is 0 Å². The maximum absolute atomic E-state index is 6.49. The minimum Gasteiger partial charge on any atom is -0.486 e. The van der Waals surface area contributed by atoms with Crippen molar-refractivity contribution >= 4 is 19.3 Å². The smallest absolute Gasteiger partial charge is 0.283 e. The lowest BCUT2D eigenvalue weighted by Crippen LogP contribution is -2.75. The third-order valence-electron chi connectivity index (χ3n) is 6.01. The fourth-order valence-electron chi connectivity index (χ4n) is 4.60. The molecule has 22 heavy (non-hydrogen) atoms. The van der Waals surface area contributed by atoms with E-state index in [-0.39, 0.29) is 17.0 Å². The second-order valence-corrected chi connectivity index (χ2v) is 6.88. The zero-order chi connectivity index (χ0) is 15.0. The number of nitrogens with zero attached hydrogens (tertiary/aromatic N) is 1. The SMILES string of the molecule is [B]c1ccc2c(c1)C1(COC(N)=N1)C1(COC1)C1(CCC1)O2. The molecule has 3 heterocycles. The maximum Gasteiger partial charge on any atom is 0.283 e. The van der Waals surface area contributed by atoms with Crippen molar-refractivity contribution in [1.29, 1.82) is 0 Å². The molecule has 2 fully saturated rings. The van der Waals surface area contributed by atoms with Crippen LogP contribution in [0, 0.1) is 5.41 Å². The summed E-state index contributed by atoms with van der Waals surface area (Å²) in [6, 6.07) is 6.02. The zero-order valence-electron chi connectivity index (χ0n) is 12.3. The lowest BCUT2D eigenvalue weighted by Gasteiger charge is -2.66. The highest BCUT2D eigenvalue weighted by Gasteiger charge is 2.75.